The molecule has 2 fully saturated rings. The number of aromatic nitrogens is 1. The van der Waals surface area contributed by atoms with Crippen molar-refractivity contribution in [3.63, 3.8) is 0 Å². The van der Waals surface area contributed by atoms with E-state index in [-0.39, 0.29) is 23.3 Å². The number of piperidine rings is 1. The lowest BCUT2D eigenvalue weighted by molar-refractivity contribution is -0.137. The number of hydrogen-bond donors (Lipinski definition) is 0. The molecule has 1 amide bonds. The number of piperazine rings is 1. The van der Waals surface area contributed by atoms with Crippen LogP contribution >= 0.6 is 0 Å². The molecule has 0 spiro atoms. The highest BCUT2D eigenvalue weighted by molar-refractivity contribution is 7.89. The van der Waals surface area contributed by atoms with Gasteiger partial charge in [0.2, 0.25) is 15.9 Å². The fourth-order valence-corrected chi connectivity index (χ4v) is 7.57. The summed E-state index contributed by atoms with van der Waals surface area (Å²) in [6, 6.07) is 24.6. The average Bonchev–Trinajstić information content (AvgIpc) is 3.04. The van der Waals surface area contributed by atoms with Crippen molar-refractivity contribution in [3.8, 4) is 16.9 Å². The summed E-state index contributed by atoms with van der Waals surface area (Å²) in [6.45, 7) is 3.29. The molecule has 41 heavy (non-hydrogen) atoms. The fourth-order valence-electron chi connectivity index (χ4n) is 6.00. The van der Waals surface area contributed by atoms with E-state index in [1.807, 2.05) is 65.7 Å². The summed E-state index contributed by atoms with van der Waals surface area (Å²) in [5, 5.41) is 1.11. The van der Waals surface area contributed by atoms with Gasteiger partial charge in [-0.1, -0.05) is 48.5 Å². The van der Waals surface area contributed by atoms with Crippen LogP contribution in [-0.2, 0) is 14.8 Å². The number of ether oxygens (including phenoxy) is 1. The van der Waals surface area contributed by atoms with E-state index in [2.05, 4.69) is 16.0 Å². The van der Waals surface area contributed by atoms with Crippen molar-refractivity contribution in [2.75, 3.05) is 51.3 Å². The van der Waals surface area contributed by atoms with Crippen molar-refractivity contribution >= 4 is 32.5 Å². The number of amides is 1. The maximum atomic E-state index is 13.7. The molecule has 8 nitrogen and oxygen atoms in total. The maximum Gasteiger partial charge on any atom is 0.243 e. The Labute approximate surface area is 241 Å². The number of carbonyl (C=O) groups is 1. The second-order valence-electron chi connectivity index (χ2n) is 10.6. The summed E-state index contributed by atoms with van der Waals surface area (Å²) in [7, 11) is -2.16. The third kappa shape index (κ3) is 5.39. The second-order valence-corrected chi connectivity index (χ2v) is 12.5. The van der Waals surface area contributed by atoms with Gasteiger partial charge in [-0.3, -0.25) is 9.78 Å². The monoisotopic (exact) mass is 570 g/mol. The number of anilines is 1. The van der Waals surface area contributed by atoms with Gasteiger partial charge in [0, 0.05) is 62.1 Å². The molecule has 0 saturated carbocycles. The van der Waals surface area contributed by atoms with Crippen molar-refractivity contribution in [1.29, 1.82) is 0 Å². The number of sulfonamides is 1. The van der Waals surface area contributed by atoms with E-state index in [1.54, 1.807) is 25.3 Å². The minimum atomic E-state index is -3.77. The van der Waals surface area contributed by atoms with Gasteiger partial charge < -0.3 is 14.5 Å². The Bertz CT molecular complexity index is 1660. The Morgan fingerprint density at radius 3 is 2.51 bits per heavy atom. The first-order chi connectivity index (χ1) is 20.0. The van der Waals surface area contributed by atoms with Crippen LogP contribution in [0, 0.1) is 5.92 Å². The highest BCUT2D eigenvalue weighted by atomic mass is 32.2. The predicted octanol–water partition coefficient (Wildman–Crippen LogP) is 4.66. The third-order valence-corrected chi connectivity index (χ3v) is 10.0. The summed E-state index contributed by atoms with van der Waals surface area (Å²) >= 11 is 0. The van der Waals surface area contributed by atoms with Crippen LogP contribution in [0.5, 0.6) is 5.75 Å². The number of nitrogens with zero attached hydrogens (tertiary/aromatic N) is 4. The molecule has 0 N–H and O–H groups in total. The molecule has 9 heteroatoms. The Kier molecular flexibility index (Phi) is 7.64. The average molecular weight is 571 g/mol. The minimum Gasteiger partial charge on any atom is -0.496 e. The molecular weight excluding hydrogens is 536 g/mol. The number of carbonyl (C=O) groups excluding carboxylic acids is 1. The molecule has 212 valence electrons. The second kappa shape index (κ2) is 11.5. The van der Waals surface area contributed by atoms with Crippen LogP contribution in [0.15, 0.2) is 90.0 Å². The number of rotatable bonds is 6. The van der Waals surface area contributed by atoms with E-state index in [1.165, 1.54) is 4.31 Å². The lowest BCUT2D eigenvalue weighted by Gasteiger charge is -2.39. The van der Waals surface area contributed by atoms with Gasteiger partial charge in [-0.25, -0.2) is 8.42 Å². The van der Waals surface area contributed by atoms with Gasteiger partial charge in [0.05, 0.1) is 23.4 Å². The SMILES string of the molecule is COc1ccccc1-c1cccc(S(=O)(=O)N2CCCC(C(=O)N3CCN(c4ccnc5ccccc45)CC3)C2)c1. The van der Waals surface area contributed by atoms with Gasteiger partial charge in [-0.2, -0.15) is 4.31 Å². The van der Waals surface area contributed by atoms with Gasteiger partial charge >= 0.3 is 0 Å². The molecule has 2 aliphatic heterocycles. The van der Waals surface area contributed by atoms with Gasteiger partial charge in [0.25, 0.3) is 0 Å². The first kappa shape index (κ1) is 27.2. The Hall–Kier alpha value is -3.95. The van der Waals surface area contributed by atoms with Crippen molar-refractivity contribution in [2.45, 2.75) is 17.7 Å². The molecule has 3 aromatic carbocycles. The normalized spacial score (nSPS) is 18.4. The summed E-state index contributed by atoms with van der Waals surface area (Å²) in [5.41, 5.74) is 3.69. The number of hydrogen-bond acceptors (Lipinski definition) is 6. The Balaban J connectivity index is 1.14. The lowest BCUT2D eigenvalue weighted by atomic mass is 9.97. The first-order valence-corrected chi connectivity index (χ1v) is 15.5. The summed E-state index contributed by atoms with van der Waals surface area (Å²) in [4.78, 5) is 22.5. The number of pyridine rings is 1. The van der Waals surface area contributed by atoms with Crippen molar-refractivity contribution in [1.82, 2.24) is 14.2 Å². The molecular formula is C32H34N4O4S. The first-order valence-electron chi connectivity index (χ1n) is 14.1. The molecule has 2 aliphatic rings. The summed E-state index contributed by atoms with van der Waals surface area (Å²) < 4.78 is 34.4. The van der Waals surface area contributed by atoms with Crippen LogP contribution in [0.1, 0.15) is 12.8 Å². The van der Waals surface area contributed by atoms with Crippen molar-refractivity contribution in [2.24, 2.45) is 5.92 Å². The van der Waals surface area contributed by atoms with Crippen molar-refractivity contribution < 1.29 is 17.9 Å². The fraction of sp³-hybridized carbons (Fsp3) is 0.312. The van der Waals surface area contributed by atoms with E-state index < -0.39 is 10.0 Å². The van der Waals surface area contributed by atoms with E-state index >= 15 is 0 Å². The van der Waals surface area contributed by atoms with Crippen LogP contribution in [0.3, 0.4) is 0 Å². The molecule has 1 atom stereocenters. The Morgan fingerprint density at radius 2 is 1.68 bits per heavy atom. The van der Waals surface area contributed by atoms with Crippen LogP contribution in [-0.4, -0.2) is 74.9 Å². The molecule has 6 rings (SSSR count). The number of methoxy groups -OCH3 is 1. The maximum absolute atomic E-state index is 13.7. The van der Waals surface area contributed by atoms with E-state index in [0.29, 0.717) is 38.2 Å². The van der Waals surface area contributed by atoms with E-state index in [0.717, 1.165) is 40.8 Å². The standard InChI is InChI=1S/C32H34N4O4S/c1-40-31-14-5-3-11-27(31)24-8-6-10-26(22-24)41(38,39)36-17-7-9-25(23-36)32(37)35-20-18-34(19-21-35)30-15-16-33-29-13-4-2-12-28(29)30/h2-6,8,10-16,22,25H,7,9,17-21,23H2,1H3. The molecule has 0 aliphatic carbocycles. The van der Waals surface area contributed by atoms with Gasteiger partial charge in [-0.05, 0) is 48.7 Å². The zero-order chi connectivity index (χ0) is 28.4. The van der Waals surface area contributed by atoms with E-state index in [4.69, 9.17) is 4.74 Å². The molecule has 0 bridgehead atoms. The minimum absolute atomic E-state index is 0.0481. The summed E-state index contributed by atoms with van der Waals surface area (Å²) in [6.07, 6.45) is 3.18. The molecule has 2 saturated heterocycles. The van der Waals surface area contributed by atoms with Gasteiger partial charge in [0.15, 0.2) is 0 Å². The number of benzene rings is 3. The molecule has 1 aromatic heterocycles. The molecule has 3 heterocycles. The zero-order valence-electron chi connectivity index (χ0n) is 23.1. The van der Waals surface area contributed by atoms with Crippen molar-refractivity contribution in [3.05, 3.63) is 85.1 Å². The smallest absolute Gasteiger partial charge is 0.243 e. The van der Waals surface area contributed by atoms with E-state index in [9.17, 15) is 13.2 Å². The highest BCUT2D eigenvalue weighted by Gasteiger charge is 2.36. The van der Waals surface area contributed by atoms with Crippen LogP contribution < -0.4 is 9.64 Å². The third-order valence-electron chi connectivity index (χ3n) is 8.18. The van der Waals surface area contributed by atoms with Gasteiger partial charge in [-0.15, -0.1) is 0 Å². The Morgan fingerprint density at radius 1 is 0.902 bits per heavy atom. The van der Waals surface area contributed by atoms with Gasteiger partial charge in [0.1, 0.15) is 5.75 Å². The van der Waals surface area contributed by atoms with Crippen LogP contribution in [0.25, 0.3) is 22.0 Å². The highest BCUT2D eigenvalue weighted by Crippen LogP contribution is 2.33. The quantitative estimate of drug-likeness (QED) is 0.335. The molecule has 1 unspecified atom stereocenters. The number of para-hydroxylation sites is 2. The zero-order valence-corrected chi connectivity index (χ0v) is 24.0. The van der Waals surface area contributed by atoms with Crippen LogP contribution in [0.4, 0.5) is 5.69 Å². The predicted molar refractivity (Wildman–Crippen MR) is 160 cm³/mol. The molecule has 0 radical (unpaired) electrons. The van der Waals surface area contributed by atoms with Crippen LogP contribution in [0.2, 0.25) is 0 Å². The lowest BCUT2D eigenvalue weighted by Crippen LogP contribution is -2.53. The topological polar surface area (TPSA) is 83.0 Å². The number of fused-ring (bicyclic) bond motifs is 1. The largest absolute Gasteiger partial charge is 0.496 e. The molecule has 4 aromatic rings. The summed E-state index contributed by atoms with van der Waals surface area (Å²) in [5.74, 6) is 0.388.